The summed E-state index contributed by atoms with van der Waals surface area (Å²) in [7, 11) is 0. The van der Waals surface area contributed by atoms with Crippen molar-refractivity contribution in [2.75, 3.05) is 26.2 Å². The molecule has 0 amide bonds. The number of hydrogen-bond acceptors (Lipinski definition) is 3. The summed E-state index contributed by atoms with van der Waals surface area (Å²) in [6.07, 6.45) is 0.0838. The highest BCUT2D eigenvalue weighted by molar-refractivity contribution is 5.85. The first-order valence-corrected chi connectivity index (χ1v) is 5.57. The van der Waals surface area contributed by atoms with Crippen molar-refractivity contribution < 1.29 is 9.13 Å². The number of nitrogens with zero attached hydrogens (tertiary/aromatic N) is 1. The van der Waals surface area contributed by atoms with Crippen molar-refractivity contribution in [2.45, 2.75) is 12.6 Å². The Bertz CT molecular complexity index is 351. The van der Waals surface area contributed by atoms with Gasteiger partial charge in [0.15, 0.2) is 0 Å². The Labute approximate surface area is 107 Å². The monoisotopic (exact) mass is 260 g/mol. The van der Waals surface area contributed by atoms with Crippen molar-refractivity contribution in [3.63, 3.8) is 0 Å². The van der Waals surface area contributed by atoms with E-state index in [1.54, 1.807) is 6.07 Å². The summed E-state index contributed by atoms with van der Waals surface area (Å²) in [5.41, 5.74) is 6.30. The summed E-state index contributed by atoms with van der Waals surface area (Å²) in [6, 6.07) is 6.89. The molecule has 3 nitrogen and oxygen atoms in total. The molecule has 1 atom stereocenters. The van der Waals surface area contributed by atoms with Crippen molar-refractivity contribution in [1.82, 2.24) is 4.90 Å². The van der Waals surface area contributed by atoms with Crippen LogP contribution in [0, 0.1) is 5.82 Å². The summed E-state index contributed by atoms with van der Waals surface area (Å²) in [6.45, 7) is 3.45. The zero-order valence-electron chi connectivity index (χ0n) is 9.64. The summed E-state index contributed by atoms with van der Waals surface area (Å²) in [5.74, 6) is -0.140. The van der Waals surface area contributed by atoms with Crippen LogP contribution in [0.5, 0.6) is 0 Å². The highest BCUT2D eigenvalue weighted by Gasteiger charge is 2.19. The third-order valence-electron chi connectivity index (χ3n) is 2.84. The highest BCUT2D eigenvalue weighted by Crippen LogP contribution is 2.12. The molecule has 0 aliphatic carbocycles. The fraction of sp³-hybridized carbons (Fsp3) is 0.500. The molecule has 1 unspecified atom stereocenters. The molecule has 1 heterocycles. The van der Waals surface area contributed by atoms with E-state index in [1.807, 2.05) is 12.1 Å². The lowest BCUT2D eigenvalue weighted by Gasteiger charge is -2.32. The van der Waals surface area contributed by atoms with Gasteiger partial charge < -0.3 is 10.5 Å². The second-order valence-corrected chi connectivity index (χ2v) is 4.06. The predicted octanol–water partition coefficient (Wildman–Crippen LogP) is 1.41. The average molecular weight is 261 g/mol. The van der Waals surface area contributed by atoms with E-state index in [2.05, 4.69) is 4.90 Å². The molecule has 1 aliphatic rings. The van der Waals surface area contributed by atoms with Gasteiger partial charge in [0.25, 0.3) is 0 Å². The Hall–Kier alpha value is -0.680. The molecule has 0 spiro atoms. The lowest BCUT2D eigenvalue weighted by Crippen LogP contribution is -2.45. The number of ether oxygens (including phenoxy) is 1. The largest absolute Gasteiger partial charge is 0.374 e. The van der Waals surface area contributed by atoms with Crippen molar-refractivity contribution in [2.24, 2.45) is 5.73 Å². The van der Waals surface area contributed by atoms with Gasteiger partial charge in [-0.3, -0.25) is 4.90 Å². The number of hydrogen-bond donors (Lipinski definition) is 1. The molecule has 17 heavy (non-hydrogen) atoms. The topological polar surface area (TPSA) is 38.5 Å². The molecule has 1 saturated heterocycles. The van der Waals surface area contributed by atoms with Gasteiger partial charge in [0.05, 0.1) is 12.7 Å². The maximum atomic E-state index is 13.4. The number of halogens is 2. The van der Waals surface area contributed by atoms with Crippen LogP contribution >= 0.6 is 12.4 Å². The number of morpholine rings is 1. The number of benzene rings is 1. The first-order valence-electron chi connectivity index (χ1n) is 5.57. The molecule has 2 N–H and O–H groups in total. The van der Waals surface area contributed by atoms with Gasteiger partial charge >= 0.3 is 0 Å². The van der Waals surface area contributed by atoms with Crippen LogP contribution in [0.4, 0.5) is 4.39 Å². The van der Waals surface area contributed by atoms with Crippen LogP contribution in [0.2, 0.25) is 0 Å². The van der Waals surface area contributed by atoms with E-state index >= 15 is 0 Å². The quantitative estimate of drug-likeness (QED) is 0.893. The van der Waals surface area contributed by atoms with Crippen molar-refractivity contribution >= 4 is 12.4 Å². The van der Waals surface area contributed by atoms with E-state index in [0.29, 0.717) is 19.7 Å². The number of nitrogens with two attached hydrogens (primary N) is 1. The average Bonchev–Trinajstić information content (AvgIpc) is 2.32. The molecule has 0 aromatic heterocycles. The Balaban J connectivity index is 0.00000144. The summed E-state index contributed by atoms with van der Waals surface area (Å²) in [5, 5.41) is 0. The van der Waals surface area contributed by atoms with E-state index in [4.69, 9.17) is 10.5 Å². The minimum absolute atomic E-state index is 0. The molecule has 96 valence electrons. The second-order valence-electron chi connectivity index (χ2n) is 4.06. The maximum Gasteiger partial charge on any atom is 0.127 e. The van der Waals surface area contributed by atoms with Gasteiger partial charge in [-0.15, -0.1) is 12.4 Å². The molecule has 0 bridgehead atoms. The molecule has 1 aromatic carbocycles. The van der Waals surface area contributed by atoms with Gasteiger partial charge in [-0.25, -0.2) is 4.39 Å². The van der Waals surface area contributed by atoms with Crippen LogP contribution in [0.3, 0.4) is 0 Å². The number of rotatable bonds is 3. The Morgan fingerprint density at radius 3 is 2.88 bits per heavy atom. The predicted molar refractivity (Wildman–Crippen MR) is 67.7 cm³/mol. The van der Waals surface area contributed by atoms with E-state index in [-0.39, 0.29) is 24.3 Å². The molecule has 1 fully saturated rings. The Kier molecular flexibility index (Phi) is 5.85. The minimum atomic E-state index is -0.140. The van der Waals surface area contributed by atoms with Crippen molar-refractivity contribution in [1.29, 1.82) is 0 Å². The summed E-state index contributed by atoms with van der Waals surface area (Å²) >= 11 is 0. The zero-order chi connectivity index (χ0) is 11.4. The second kappa shape index (κ2) is 6.91. The zero-order valence-corrected chi connectivity index (χ0v) is 10.5. The summed E-state index contributed by atoms with van der Waals surface area (Å²) in [4.78, 5) is 2.18. The molecule has 0 saturated carbocycles. The lowest BCUT2D eigenvalue weighted by atomic mass is 10.2. The molecule has 2 rings (SSSR count). The van der Waals surface area contributed by atoms with Gasteiger partial charge in [0, 0.05) is 31.7 Å². The fourth-order valence-corrected chi connectivity index (χ4v) is 1.93. The Morgan fingerprint density at radius 2 is 2.18 bits per heavy atom. The maximum absolute atomic E-state index is 13.4. The molecule has 1 aromatic rings. The standard InChI is InChI=1S/C12H17FN2O.ClH/c13-12-4-2-1-3-10(12)8-15-5-6-16-11(7-14)9-15;/h1-4,11H,5-9,14H2;1H. The molecule has 1 aliphatic heterocycles. The van der Waals surface area contributed by atoms with Gasteiger partial charge in [0.2, 0.25) is 0 Å². The summed E-state index contributed by atoms with van der Waals surface area (Å²) < 4.78 is 18.9. The van der Waals surface area contributed by atoms with Gasteiger partial charge in [-0.1, -0.05) is 18.2 Å². The molecule has 0 radical (unpaired) electrons. The first-order chi connectivity index (χ1) is 7.79. The van der Waals surface area contributed by atoms with E-state index in [9.17, 15) is 4.39 Å². The van der Waals surface area contributed by atoms with Crippen LogP contribution in [-0.2, 0) is 11.3 Å². The van der Waals surface area contributed by atoms with Crippen LogP contribution in [0.1, 0.15) is 5.56 Å². The van der Waals surface area contributed by atoms with Crippen LogP contribution < -0.4 is 5.73 Å². The van der Waals surface area contributed by atoms with Crippen molar-refractivity contribution in [3.8, 4) is 0 Å². The van der Waals surface area contributed by atoms with Crippen LogP contribution in [0.15, 0.2) is 24.3 Å². The van der Waals surface area contributed by atoms with Crippen molar-refractivity contribution in [3.05, 3.63) is 35.6 Å². The van der Waals surface area contributed by atoms with E-state index < -0.39 is 0 Å². The molecule has 5 heteroatoms. The minimum Gasteiger partial charge on any atom is -0.374 e. The van der Waals surface area contributed by atoms with Gasteiger partial charge in [-0.2, -0.15) is 0 Å². The smallest absolute Gasteiger partial charge is 0.127 e. The van der Waals surface area contributed by atoms with Crippen LogP contribution in [0.25, 0.3) is 0 Å². The lowest BCUT2D eigenvalue weighted by molar-refractivity contribution is -0.0263. The van der Waals surface area contributed by atoms with Gasteiger partial charge in [0.1, 0.15) is 5.82 Å². The van der Waals surface area contributed by atoms with E-state index in [0.717, 1.165) is 18.7 Å². The first kappa shape index (κ1) is 14.4. The van der Waals surface area contributed by atoms with Crippen LogP contribution in [-0.4, -0.2) is 37.2 Å². The Morgan fingerprint density at radius 1 is 1.41 bits per heavy atom. The highest BCUT2D eigenvalue weighted by atomic mass is 35.5. The normalized spacial score (nSPS) is 20.9. The van der Waals surface area contributed by atoms with E-state index in [1.165, 1.54) is 6.07 Å². The third-order valence-corrected chi connectivity index (χ3v) is 2.84. The SMILES string of the molecule is Cl.NCC1CN(Cc2ccccc2F)CCO1. The molecular weight excluding hydrogens is 243 g/mol. The third kappa shape index (κ3) is 3.92. The fourth-order valence-electron chi connectivity index (χ4n) is 1.93. The van der Waals surface area contributed by atoms with Gasteiger partial charge in [-0.05, 0) is 6.07 Å². The molecular formula is C12H18ClFN2O.